The molecule has 0 aliphatic rings. The van der Waals surface area contributed by atoms with Crippen molar-refractivity contribution in [2.45, 2.75) is 51.1 Å². The highest BCUT2D eigenvalue weighted by atomic mass is 35.5. The average Bonchev–Trinajstić information content (AvgIpc) is 2.43. The predicted molar refractivity (Wildman–Crippen MR) is 83.5 cm³/mol. The molecule has 2 N–H and O–H groups in total. The molecule has 0 radical (unpaired) electrons. The molecule has 0 saturated carbocycles. The first-order valence-corrected chi connectivity index (χ1v) is 8.82. The lowest BCUT2D eigenvalue weighted by Gasteiger charge is -2.16. The Kier molecular flexibility index (Phi) is 6.95. The van der Waals surface area contributed by atoms with Crippen LogP contribution in [0.3, 0.4) is 0 Å². The number of hydrogen-bond donors (Lipinski definition) is 2. The summed E-state index contributed by atoms with van der Waals surface area (Å²) in [4.78, 5) is 0.154. The van der Waals surface area contributed by atoms with Crippen molar-refractivity contribution >= 4 is 21.6 Å². The monoisotopic (exact) mass is 318 g/mol. The van der Waals surface area contributed by atoms with Crippen LogP contribution >= 0.6 is 11.6 Å². The van der Waals surface area contributed by atoms with E-state index in [4.69, 9.17) is 11.6 Å². The van der Waals surface area contributed by atoms with Crippen LogP contribution < -0.4 is 10.0 Å². The number of halogens is 1. The molecule has 0 amide bonds. The highest BCUT2D eigenvalue weighted by molar-refractivity contribution is 7.89. The Bertz CT molecular complexity index is 528. The van der Waals surface area contributed by atoms with Crippen LogP contribution in [0.5, 0.6) is 0 Å². The molecule has 0 saturated heterocycles. The molecule has 0 unspecified atom stereocenters. The zero-order chi connectivity index (χ0) is 15.2. The lowest BCUT2D eigenvalue weighted by molar-refractivity contribution is 0.530. The fraction of sp³-hybridized carbons (Fsp3) is 0.571. The molecule has 0 aliphatic heterocycles. The van der Waals surface area contributed by atoms with Gasteiger partial charge in [-0.05, 0) is 37.1 Å². The van der Waals surface area contributed by atoms with Crippen molar-refractivity contribution < 1.29 is 8.42 Å². The first kappa shape index (κ1) is 17.4. The Labute approximate surface area is 127 Å². The Morgan fingerprint density at radius 2 is 1.85 bits per heavy atom. The van der Waals surface area contributed by atoms with Gasteiger partial charge in [-0.1, -0.05) is 38.4 Å². The topological polar surface area (TPSA) is 58.2 Å². The molecule has 0 fully saturated rings. The van der Waals surface area contributed by atoms with Crippen LogP contribution in [0.2, 0.25) is 5.02 Å². The van der Waals surface area contributed by atoms with Gasteiger partial charge < -0.3 is 5.32 Å². The second kappa shape index (κ2) is 7.98. The Balaban J connectivity index is 3.03. The van der Waals surface area contributed by atoms with Gasteiger partial charge in [-0.2, -0.15) is 0 Å². The fourth-order valence-electron chi connectivity index (χ4n) is 1.87. The minimum atomic E-state index is -3.57. The van der Waals surface area contributed by atoms with Crippen molar-refractivity contribution in [3.8, 4) is 0 Å². The first-order valence-electron chi connectivity index (χ1n) is 6.96. The zero-order valence-corrected chi connectivity index (χ0v) is 13.8. The van der Waals surface area contributed by atoms with Crippen LogP contribution in [-0.4, -0.2) is 21.0 Å². The maximum Gasteiger partial charge on any atom is 0.242 e. The highest BCUT2D eigenvalue weighted by Gasteiger charge is 2.21. The summed E-state index contributed by atoms with van der Waals surface area (Å²) in [6.45, 7) is 7.37. The third-order valence-corrected chi connectivity index (χ3v) is 5.17. The van der Waals surface area contributed by atoms with E-state index in [0.717, 1.165) is 24.9 Å². The van der Waals surface area contributed by atoms with Gasteiger partial charge in [0.1, 0.15) is 4.90 Å². The van der Waals surface area contributed by atoms with E-state index in [2.05, 4.69) is 10.0 Å². The summed E-state index contributed by atoms with van der Waals surface area (Å²) in [5, 5.41) is 3.42. The van der Waals surface area contributed by atoms with Crippen molar-refractivity contribution in [3.63, 3.8) is 0 Å². The molecule has 114 valence electrons. The molecule has 0 spiro atoms. The summed E-state index contributed by atoms with van der Waals surface area (Å²) in [7, 11) is -3.57. The highest BCUT2D eigenvalue weighted by Crippen LogP contribution is 2.23. The Morgan fingerprint density at radius 3 is 2.40 bits per heavy atom. The molecule has 1 aromatic rings. The quantitative estimate of drug-likeness (QED) is 0.775. The molecular weight excluding hydrogens is 296 g/mol. The van der Waals surface area contributed by atoms with Crippen molar-refractivity contribution in [2.75, 3.05) is 6.54 Å². The van der Waals surface area contributed by atoms with Crippen LogP contribution in [0.1, 0.15) is 39.2 Å². The van der Waals surface area contributed by atoms with E-state index in [1.807, 2.05) is 26.8 Å². The number of sulfonamides is 1. The maximum atomic E-state index is 12.4. The van der Waals surface area contributed by atoms with E-state index in [1.54, 1.807) is 12.1 Å². The van der Waals surface area contributed by atoms with Crippen LogP contribution in [0, 0.1) is 0 Å². The van der Waals surface area contributed by atoms with Crippen molar-refractivity contribution in [1.29, 1.82) is 0 Å². The molecule has 0 aromatic heterocycles. The van der Waals surface area contributed by atoms with Gasteiger partial charge in [0.15, 0.2) is 0 Å². The van der Waals surface area contributed by atoms with E-state index in [1.165, 1.54) is 0 Å². The summed E-state index contributed by atoms with van der Waals surface area (Å²) in [6.07, 6.45) is 1.51. The molecule has 6 heteroatoms. The third kappa shape index (κ3) is 4.74. The van der Waals surface area contributed by atoms with Gasteiger partial charge in [-0.3, -0.25) is 0 Å². The average molecular weight is 319 g/mol. The van der Waals surface area contributed by atoms with Crippen molar-refractivity contribution in [2.24, 2.45) is 0 Å². The van der Waals surface area contributed by atoms with E-state index >= 15 is 0 Å². The molecule has 0 aliphatic carbocycles. The minimum absolute atomic E-state index is 0.0616. The van der Waals surface area contributed by atoms with E-state index in [0.29, 0.717) is 6.54 Å². The van der Waals surface area contributed by atoms with Gasteiger partial charge in [0.05, 0.1) is 5.02 Å². The number of hydrogen-bond acceptors (Lipinski definition) is 3. The summed E-state index contributed by atoms with van der Waals surface area (Å²) in [6, 6.07) is 5.04. The van der Waals surface area contributed by atoms with Crippen molar-refractivity contribution in [3.05, 3.63) is 28.8 Å². The maximum absolute atomic E-state index is 12.4. The summed E-state index contributed by atoms with van der Waals surface area (Å²) >= 11 is 6.05. The second-order valence-corrected chi connectivity index (χ2v) is 6.77. The van der Waals surface area contributed by atoms with Crippen LogP contribution in [0.15, 0.2) is 23.1 Å². The molecular formula is C14H23ClN2O2S. The van der Waals surface area contributed by atoms with Crippen LogP contribution in [0.25, 0.3) is 0 Å². The number of nitrogens with one attached hydrogen (secondary N) is 2. The summed E-state index contributed by atoms with van der Waals surface area (Å²) < 4.78 is 27.5. The van der Waals surface area contributed by atoms with E-state index in [-0.39, 0.29) is 16.0 Å². The van der Waals surface area contributed by atoms with Gasteiger partial charge in [-0.25, -0.2) is 13.1 Å². The molecule has 4 nitrogen and oxygen atoms in total. The van der Waals surface area contributed by atoms with Crippen molar-refractivity contribution in [1.82, 2.24) is 10.0 Å². The molecule has 1 aromatic carbocycles. The van der Waals surface area contributed by atoms with E-state index in [9.17, 15) is 8.42 Å². The lowest BCUT2D eigenvalue weighted by Crippen LogP contribution is -2.34. The minimum Gasteiger partial charge on any atom is -0.313 e. The molecule has 0 atom stereocenters. The molecule has 0 bridgehead atoms. The van der Waals surface area contributed by atoms with Gasteiger partial charge in [0.25, 0.3) is 0 Å². The van der Waals surface area contributed by atoms with Gasteiger partial charge in [0.2, 0.25) is 10.0 Å². The lowest BCUT2D eigenvalue weighted by atomic mass is 10.2. The zero-order valence-electron chi connectivity index (χ0n) is 12.2. The Morgan fingerprint density at radius 1 is 1.20 bits per heavy atom. The van der Waals surface area contributed by atoms with E-state index < -0.39 is 10.0 Å². The van der Waals surface area contributed by atoms with Crippen LogP contribution in [-0.2, 0) is 16.6 Å². The van der Waals surface area contributed by atoms with Gasteiger partial charge in [-0.15, -0.1) is 0 Å². The van der Waals surface area contributed by atoms with Gasteiger partial charge >= 0.3 is 0 Å². The SMILES string of the molecule is CCNCc1ccc(Cl)c(S(=O)(=O)NC(CC)CC)c1. The molecule has 0 heterocycles. The Hall–Kier alpha value is -0.620. The normalized spacial score (nSPS) is 12.1. The second-order valence-electron chi connectivity index (χ2n) is 4.68. The summed E-state index contributed by atoms with van der Waals surface area (Å²) in [5.74, 6) is 0. The first-order chi connectivity index (χ1) is 9.44. The smallest absolute Gasteiger partial charge is 0.242 e. The standard InChI is InChI=1S/C14H23ClN2O2S/c1-4-12(5-2)17-20(18,19)14-9-11(10-16-6-3)7-8-13(14)15/h7-9,12,16-17H,4-6,10H2,1-3H3. The largest absolute Gasteiger partial charge is 0.313 e. The third-order valence-electron chi connectivity index (χ3n) is 3.17. The van der Waals surface area contributed by atoms with Crippen LogP contribution in [0.4, 0.5) is 0 Å². The molecule has 1 rings (SSSR count). The summed E-state index contributed by atoms with van der Waals surface area (Å²) in [5.41, 5.74) is 0.904. The predicted octanol–water partition coefficient (Wildman–Crippen LogP) is 2.92. The fourth-order valence-corrected chi connectivity index (χ4v) is 3.82. The van der Waals surface area contributed by atoms with Gasteiger partial charge in [0, 0.05) is 12.6 Å². The number of benzene rings is 1. The molecule has 20 heavy (non-hydrogen) atoms. The number of rotatable bonds is 8.